The summed E-state index contributed by atoms with van der Waals surface area (Å²) < 4.78 is 0. The number of benzene rings is 1. The minimum atomic E-state index is -0.143. The van der Waals surface area contributed by atoms with Crippen LogP contribution in [-0.4, -0.2) is 31.5 Å². The molecule has 0 spiro atoms. The molecule has 1 aromatic carbocycles. The monoisotopic (exact) mass is 412 g/mol. The summed E-state index contributed by atoms with van der Waals surface area (Å²) in [5.41, 5.74) is 1.43. The summed E-state index contributed by atoms with van der Waals surface area (Å²) in [7, 11) is 1.69. The van der Waals surface area contributed by atoms with E-state index in [0.717, 1.165) is 12.0 Å². The van der Waals surface area contributed by atoms with Gasteiger partial charge in [0.1, 0.15) is 0 Å². The minimum absolute atomic E-state index is 0. The van der Waals surface area contributed by atoms with Gasteiger partial charge in [-0.1, -0.05) is 18.9 Å². The molecule has 0 saturated heterocycles. The average molecular weight is 412 g/mol. The summed E-state index contributed by atoms with van der Waals surface area (Å²) in [5.74, 6) is 3.71. The van der Waals surface area contributed by atoms with Crippen molar-refractivity contribution in [2.45, 2.75) is 19.4 Å². The van der Waals surface area contributed by atoms with Crippen LogP contribution >= 0.6 is 24.0 Å². The van der Waals surface area contributed by atoms with Crippen LogP contribution in [0.2, 0.25) is 0 Å². The van der Waals surface area contributed by atoms with E-state index in [-0.39, 0.29) is 36.4 Å². The Labute approximate surface area is 148 Å². The molecule has 1 aromatic rings. The third-order valence-corrected chi connectivity index (χ3v) is 3.38. The van der Waals surface area contributed by atoms with Gasteiger partial charge < -0.3 is 16.0 Å². The number of carbonyl (C=O) groups excluding carboxylic acids is 1. The fourth-order valence-electron chi connectivity index (χ4n) is 1.95. The molecule has 0 bridgehead atoms. The first-order chi connectivity index (χ1) is 10.1. The highest BCUT2D eigenvalue weighted by molar-refractivity contribution is 14.0. The Kier molecular flexibility index (Phi) is 7.18. The lowest BCUT2D eigenvalue weighted by Gasteiger charge is -2.11. The lowest BCUT2D eigenvalue weighted by molar-refractivity contribution is -0.115. The summed E-state index contributed by atoms with van der Waals surface area (Å²) in [6, 6.07) is 7.66. The molecule has 22 heavy (non-hydrogen) atoms. The van der Waals surface area contributed by atoms with Crippen LogP contribution in [0.25, 0.3) is 0 Å². The molecule has 3 N–H and O–H groups in total. The van der Waals surface area contributed by atoms with Crippen molar-refractivity contribution in [2.75, 3.05) is 18.9 Å². The third-order valence-electron chi connectivity index (χ3n) is 3.38. The number of terminal acetylenes is 1. The van der Waals surface area contributed by atoms with E-state index >= 15 is 0 Å². The number of hydrogen-bond donors (Lipinski definition) is 3. The van der Waals surface area contributed by atoms with Gasteiger partial charge in [0.15, 0.2) is 5.96 Å². The van der Waals surface area contributed by atoms with Crippen molar-refractivity contribution in [3.63, 3.8) is 0 Å². The van der Waals surface area contributed by atoms with Crippen LogP contribution in [0.5, 0.6) is 0 Å². The van der Waals surface area contributed by atoms with Gasteiger partial charge in [-0.15, -0.1) is 30.4 Å². The van der Waals surface area contributed by atoms with Crippen molar-refractivity contribution in [3.05, 3.63) is 29.8 Å². The summed E-state index contributed by atoms with van der Waals surface area (Å²) in [5, 5.41) is 9.05. The summed E-state index contributed by atoms with van der Waals surface area (Å²) in [4.78, 5) is 16.0. The van der Waals surface area contributed by atoms with Crippen LogP contribution in [0.3, 0.4) is 0 Å². The number of amides is 1. The molecule has 6 heteroatoms. The second kappa shape index (κ2) is 8.63. The number of hydrogen-bond acceptors (Lipinski definition) is 2. The molecule has 2 unspecified atom stereocenters. The van der Waals surface area contributed by atoms with Crippen LogP contribution in [0.1, 0.15) is 18.9 Å². The van der Waals surface area contributed by atoms with E-state index in [2.05, 4.69) is 33.8 Å². The van der Waals surface area contributed by atoms with Gasteiger partial charge in [-0.25, -0.2) is 0 Å². The second-order valence-electron chi connectivity index (χ2n) is 5.16. The maximum Gasteiger partial charge on any atom is 0.243 e. The SMILES string of the molecule is C#Cc1cccc(NC(=O)CNC(=NC)NC2CC2C)c1.I. The summed E-state index contributed by atoms with van der Waals surface area (Å²) in [6.45, 7) is 2.33. The Morgan fingerprint density at radius 2 is 2.23 bits per heavy atom. The van der Waals surface area contributed by atoms with Crippen LogP contribution < -0.4 is 16.0 Å². The molecule has 0 aliphatic heterocycles. The molecule has 0 heterocycles. The van der Waals surface area contributed by atoms with E-state index in [4.69, 9.17) is 6.42 Å². The Hall–Kier alpha value is -1.75. The normalized spacial score (nSPS) is 19.4. The predicted octanol–water partition coefficient (Wildman–Crippen LogP) is 1.80. The van der Waals surface area contributed by atoms with Crippen molar-refractivity contribution in [1.82, 2.24) is 10.6 Å². The first-order valence-electron chi connectivity index (χ1n) is 6.96. The predicted molar refractivity (Wildman–Crippen MR) is 100 cm³/mol. The number of carbonyl (C=O) groups is 1. The van der Waals surface area contributed by atoms with Crippen molar-refractivity contribution in [1.29, 1.82) is 0 Å². The number of guanidine groups is 1. The zero-order valence-electron chi connectivity index (χ0n) is 12.7. The van der Waals surface area contributed by atoms with E-state index in [1.165, 1.54) is 0 Å². The van der Waals surface area contributed by atoms with Gasteiger partial charge in [-0.3, -0.25) is 9.79 Å². The van der Waals surface area contributed by atoms with Crippen molar-refractivity contribution in [2.24, 2.45) is 10.9 Å². The van der Waals surface area contributed by atoms with Crippen LogP contribution in [0.15, 0.2) is 29.3 Å². The zero-order chi connectivity index (χ0) is 15.2. The molecular formula is C16H21IN4O. The van der Waals surface area contributed by atoms with E-state index < -0.39 is 0 Å². The lowest BCUT2D eigenvalue weighted by atomic mass is 10.2. The molecular weight excluding hydrogens is 391 g/mol. The third kappa shape index (κ3) is 5.56. The van der Waals surface area contributed by atoms with Gasteiger partial charge in [0.25, 0.3) is 0 Å². The van der Waals surface area contributed by atoms with Crippen LogP contribution in [0, 0.1) is 18.3 Å². The highest BCUT2D eigenvalue weighted by Gasteiger charge is 2.33. The maximum absolute atomic E-state index is 11.9. The van der Waals surface area contributed by atoms with Crippen molar-refractivity contribution >= 4 is 41.5 Å². The molecule has 1 aliphatic rings. The first kappa shape index (κ1) is 18.3. The van der Waals surface area contributed by atoms with Crippen molar-refractivity contribution < 1.29 is 4.79 Å². The Balaban J connectivity index is 0.00000242. The number of anilines is 1. The molecule has 0 aromatic heterocycles. The molecule has 0 radical (unpaired) electrons. The molecule has 1 saturated carbocycles. The first-order valence-corrected chi connectivity index (χ1v) is 6.96. The van der Waals surface area contributed by atoms with Gasteiger partial charge in [0.2, 0.25) is 5.91 Å². The average Bonchev–Trinajstić information content (AvgIpc) is 3.18. The Morgan fingerprint density at radius 1 is 1.50 bits per heavy atom. The van der Waals surface area contributed by atoms with Crippen LogP contribution in [-0.2, 0) is 4.79 Å². The number of aliphatic imine (C=N–C) groups is 1. The number of nitrogens with one attached hydrogen (secondary N) is 3. The fraction of sp³-hybridized carbons (Fsp3) is 0.375. The van der Waals surface area contributed by atoms with Gasteiger partial charge in [0, 0.05) is 24.3 Å². The Morgan fingerprint density at radius 3 is 2.82 bits per heavy atom. The lowest BCUT2D eigenvalue weighted by Crippen LogP contribution is -2.42. The molecule has 2 atom stereocenters. The van der Waals surface area contributed by atoms with Crippen LogP contribution in [0.4, 0.5) is 5.69 Å². The van der Waals surface area contributed by atoms with E-state index in [0.29, 0.717) is 23.6 Å². The largest absolute Gasteiger partial charge is 0.353 e. The number of rotatable bonds is 4. The molecule has 1 amide bonds. The molecule has 2 rings (SSSR count). The summed E-state index contributed by atoms with van der Waals surface area (Å²) >= 11 is 0. The van der Waals surface area contributed by atoms with E-state index in [1.807, 2.05) is 12.1 Å². The zero-order valence-corrected chi connectivity index (χ0v) is 15.0. The standard InChI is InChI=1S/C16H20N4O.HI/c1-4-12-6-5-7-13(9-12)19-15(21)10-18-16(17-3)20-14-8-11(14)2;/h1,5-7,9,11,14H,8,10H2,2-3H3,(H,19,21)(H2,17,18,20);1H. The highest BCUT2D eigenvalue weighted by atomic mass is 127. The smallest absolute Gasteiger partial charge is 0.243 e. The van der Waals surface area contributed by atoms with E-state index in [9.17, 15) is 4.79 Å². The van der Waals surface area contributed by atoms with E-state index in [1.54, 1.807) is 19.2 Å². The quantitative estimate of drug-likeness (QED) is 0.306. The summed E-state index contributed by atoms with van der Waals surface area (Å²) in [6.07, 6.45) is 6.47. The fourth-order valence-corrected chi connectivity index (χ4v) is 1.95. The van der Waals surface area contributed by atoms with Gasteiger partial charge in [0.05, 0.1) is 6.54 Å². The Bertz CT molecular complexity index is 594. The molecule has 1 fully saturated rings. The molecule has 5 nitrogen and oxygen atoms in total. The molecule has 1 aliphatic carbocycles. The molecule has 118 valence electrons. The highest BCUT2D eigenvalue weighted by Crippen LogP contribution is 2.28. The topological polar surface area (TPSA) is 65.5 Å². The second-order valence-corrected chi connectivity index (χ2v) is 5.16. The van der Waals surface area contributed by atoms with Crippen molar-refractivity contribution in [3.8, 4) is 12.3 Å². The van der Waals surface area contributed by atoms with Gasteiger partial charge in [-0.05, 0) is 30.5 Å². The number of halogens is 1. The maximum atomic E-state index is 11.9. The number of nitrogens with zero attached hydrogens (tertiary/aromatic N) is 1. The van der Waals surface area contributed by atoms with Gasteiger partial charge >= 0.3 is 0 Å². The minimum Gasteiger partial charge on any atom is -0.353 e. The van der Waals surface area contributed by atoms with Gasteiger partial charge in [-0.2, -0.15) is 0 Å².